The molecule has 24 heteroatoms. The first-order valence-electron chi connectivity index (χ1n) is 24.4. The SMILES string of the molecule is CCCOCCOCCOCCOC(Nc1cccc2c1C(=O)N(C1CCC(=O)NC1=O)C2=O)C(=O)N1CCC(N(C)c2ccc3c(n2)c(-c2cncnc2)cn3-c2c(F)ccc(NS(=O)(=O)CCC)c2F)CC1. The van der Waals surface area contributed by atoms with Crippen LogP contribution in [0, 0.1) is 11.6 Å². The van der Waals surface area contributed by atoms with Crippen LogP contribution >= 0.6 is 0 Å². The number of carbonyl (C=O) groups is 5. The lowest BCUT2D eigenvalue weighted by Crippen LogP contribution is -2.54. The van der Waals surface area contributed by atoms with Crippen molar-refractivity contribution in [1.29, 1.82) is 0 Å². The Morgan fingerprint density at radius 1 is 0.851 bits per heavy atom. The van der Waals surface area contributed by atoms with Crippen LogP contribution in [0.4, 0.5) is 26.0 Å². The van der Waals surface area contributed by atoms with Crippen LogP contribution in [0.5, 0.6) is 0 Å². The van der Waals surface area contributed by atoms with Gasteiger partial charge in [-0.3, -0.25) is 38.9 Å². The number of fused-ring (bicyclic) bond motifs is 2. The fourth-order valence-electron chi connectivity index (χ4n) is 9.14. The van der Waals surface area contributed by atoms with Crippen molar-refractivity contribution in [3.63, 3.8) is 0 Å². The molecule has 394 valence electrons. The number of rotatable bonds is 24. The maximum absolute atomic E-state index is 16.2. The molecule has 3 aliphatic rings. The van der Waals surface area contributed by atoms with E-state index in [-0.39, 0.29) is 80.8 Å². The molecule has 2 aromatic carbocycles. The van der Waals surface area contributed by atoms with Crippen LogP contribution in [0.2, 0.25) is 0 Å². The summed E-state index contributed by atoms with van der Waals surface area (Å²) in [5, 5.41) is 5.26. The molecule has 0 aliphatic carbocycles. The van der Waals surface area contributed by atoms with Gasteiger partial charge in [0.25, 0.3) is 17.7 Å². The Kier molecular flexibility index (Phi) is 17.2. The molecule has 3 aromatic heterocycles. The standard InChI is InChI=1S/C50H58F2N10O11S/c1-4-19-70-20-21-71-22-23-72-24-25-73-47(55-36-8-6-7-33-42(36)49(66)62(48(33)65)39-12-14-41(63)57-46(39)64)50(67)60-17-15-32(16-18-60)59(3)40-13-11-38-44(56-40)34(31-27-53-30-54-28-31)29-61(38)45-35(51)9-10-37(43(45)52)58-74(68,69)26-5-2/h6-11,13,27-30,32,39,47,55,58H,4-5,12,14-26H2,1-3H3,(H,57,63,64). The lowest BCUT2D eigenvalue weighted by molar-refractivity contribution is -0.144. The summed E-state index contributed by atoms with van der Waals surface area (Å²) in [7, 11) is -2.06. The number of amides is 5. The van der Waals surface area contributed by atoms with E-state index in [1.165, 1.54) is 29.2 Å². The van der Waals surface area contributed by atoms with Gasteiger partial charge in [0.05, 0.1) is 78.9 Å². The zero-order chi connectivity index (χ0) is 52.5. The Bertz CT molecular complexity index is 2990. The van der Waals surface area contributed by atoms with Gasteiger partial charge < -0.3 is 38.6 Å². The summed E-state index contributed by atoms with van der Waals surface area (Å²) in [6.45, 7) is 6.41. The van der Waals surface area contributed by atoms with Crippen molar-refractivity contribution in [3.05, 3.63) is 90.1 Å². The molecule has 74 heavy (non-hydrogen) atoms. The normalized spacial score (nSPS) is 16.7. The van der Waals surface area contributed by atoms with Crippen LogP contribution in [0.1, 0.15) is 73.1 Å². The van der Waals surface area contributed by atoms with E-state index >= 15 is 8.78 Å². The van der Waals surface area contributed by atoms with Gasteiger partial charge in [0.2, 0.25) is 28.1 Å². The van der Waals surface area contributed by atoms with Crippen LogP contribution in [0.25, 0.3) is 27.8 Å². The Hall–Kier alpha value is -6.99. The monoisotopic (exact) mass is 1040 g/mol. The number of nitrogens with zero attached hydrogens (tertiary/aromatic N) is 7. The molecule has 2 saturated heterocycles. The van der Waals surface area contributed by atoms with Crippen LogP contribution in [-0.2, 0) is 43.4 Å². The average Bonchev–Trinajstić information content (AvgIpc) is 3.89. The number of pyridine rings is 1. The maximum atomic E-state index is 16.2. The van der Waals surface area contributed by atoms with Crippen molar-refractivity contribution in [3.8, 4) is 16.8 Å². The predicted molar refractivity (Wildman–Crippen MR) is 267 cm³/mol. The number of nitrogens with one attached hydrogen (secondary N) is 3. The molecule has 0 spiro atoms. The number of carbonyl (C=O) groups excluding carboxylic acids is 5. The summed E-state index contributed by atoms with van der Waals surface area (Å²) >= 11 is 0. The molecule has 3 N–H and O–H groups in total. The fraction of sp³-hybridized carbons (Fsp3) is 0.440. The number of likely N-dealkylation sites (tertiary alicyclic amines) is 1. The number of piperidine rings is 2. The largest absolute Gasteiger partial charge is 0.379 e. The summed E-state index contributed by atoms with van der Waals surface area (Å²) in [5.41, 5.74) is 0.835. The number of hydrogen-bond donors (Lipinski definition) is 3. The van der Waals surface area contributed by atoms with Gasteiger partial charge in [-0.2, -0.15) is 0 Å². The third-order valence-electron chi connectivity index (χ3n) is 12.8. The summed E-state index contributed by atoms with van der Waals surface area (Å²) in [6, 6.07) is 8.62. The van der Waals surface area contributed by atoms with Gasteiger partial charge in [0.15, 0.2) is 5.82 Å². The zero-order valence-electron chi connectivity index (χ0n) is 41.2. The third kappa shape index (κ3) is 11.8. The Morgan fingerprint density at radius 2 is 1.55 bits per heavy atom. The average molecular weight is 1050 g/mol. The topological polar surface area (TPSA) is 246 Å². The van der Waals surface area contributed by atoms with Crippen molar-refractivity contribution in [1.82, 2.24) is 34.6 Å². The summed E-state index contributed by atoms with van der Waals surface area (Å²) in [4.78, 5) is 84.5. The quantitative estimate of drug-likeness (QED) is 0.0432. The van der Waals surface area contributed by atoms with Crippen LogP contribution in [-0.4, -0.2) is 158 Å². The molecule has 5 aromatic rings. The van der Waals surface area contributed by atoms with Crippen molar-refractivity contribution < 1.29 is 60.1 Å². The molecular formula is C50H58F2N10O11S. The first kappa shape index (κ1) is 53.3. The minimum atomic E-state index is -3.91. The molecule has 21 nitrogen and oxygen atoms in total. The highest BCUT2D eigenvalue weighted by Crippen LogP contribution is 2.37. The number of hydrogen-bond acceptors (Lipinski definition) is 16. The Morgan fingerprint density at radius 3 is 2.24 bits per heavy atom. The van der Waals surface area contributed by atoms with Crippen molar-refractivity contribution in [2.24, 2.45) is 0 Å². The highest BCUT2D eigenvalue weighted by molar-refractivity contribution is 7.92. The number of imide groups is 2. The van der Waals surface area contributed by atoms with E-state index in [0.29, 0.717) is 67.2 Å². The van der Waals surface area contributed by atoms with E-state index in [4.69, 9.17) is 23.9 Å². The molecule has 6 heterocycles. The number of halogens is 2. The summed E-state index contributed by atoms with van der Waals surface area (Å²) < 4.78 is 83.5. The van der Waals surface area contributed by atoms with Gasteiger partial charge in [-0.15, -0.1) is 0 Å². The molecule has 8 rings (SSSR count). The van der Waals surface area contributed by atoms with E-state index in [2.05, 4.69) is 25.3 Å². The predicted octanol–water partition coefficient (Wildman–Crippen LogP) is 4.66. The summed E-state index contributed by atoms with van der Waals surface area (Å²) in [6.07, 6.45) is 6.66. The van der Waals surface area contributed by atoms with E-state index < -0.39 is 74.8 Å². The highest BCUT2D eigenvalue weighted by Gasteiger charge is 2.46. The van der Waals surface area contributed by atoms with Gasteiger partial charge in [-0.05, 0) is 68.5 Å². The maximum Gasteiger partial charge on any atom is 0.272 e. The smallest absolute Gasteiger partial charge is 0.272 e. The van der Waals surface area contributed by atoms with Gasteiger partial charge >= 0.3 is 0 Å². The van der Waals surface area contributed by atoms with Gasteiger partial charge in [-0.25, -0.2) is 32.2 Å². The number of anilines is 3. The number of ether oxygens (including phenoxy) is 4. The summed E-state index contributed by atoms with van der Waals surface area (Å²) in [5.74, 6) is -4.96. The van der Waals surface area contributed by atoms with Gasteiger partial charge in [0, 0.05) is 68.9 Å². The molecule has 2 fully saturated rings. The number of benzene rings is 2. The van der Waals surface area contributed by atoms with Crippen LogP contribution in [0.3, 0.4) is 0 Å². The van der Waals surface area contributed by atoms with E-state index in [1.807, 2.05) is 18.9 Å². The molecule has 2 unspecified atom stereocenters. The van der Waals surface area contributed by atoms with Crippen LogP contribution in [0.15, 0.2) is 67.4 Å². The highest BCUT2D eigenvalue weighted by atomic mass is 32.2. The third-order valence-corrected chi connectivity index (χ3v) is 14.3. The van der Waals surface area contributed by atoms with E-state index in [1.54, 1.807) is 42.4 Å². The lowest BCUT2D eigenvalue weighted by Gasteiger charge is -2.38. The Labute approximate surface area is 425 Å². The van der Waals surface area contributed by atoms with E-state index in [9.17, 15) is 32.4 Å². The molecule has 0 bridgehead atoms. The zero-order valence-corrected chi connectivity index (χ0v) is 42.0. The van der Waals surface area contributed by atoms with Gasteiger partial charge in [-0.1, -0.05) is 19.9 Å². The Balaban J connectivity index is 0.990. The minimum Gasteiger partial charge on any atom is -0.379 e. The van der Waals surface area contributed by atoms with Crippen molar-refractivity contribution >= 4 is 67.8 Å². The molecular weight excluding hydrogens is 987 g/mol. The number of aromatic nitrogens is 4. The molecule has 3 aliphatic heterocycles. The van der Waals surface area contributed by atoms with E-state index in [0.717, 1.165) is 23.5 Å². The van der Waals surface area contributed by atoms with Gasteiger partial charge in [0.1, 0.15) is 29.7 Å². The first-order chi connectivity index (χ1) is 35.7. The second kappa shape index (κ2) is 23.9. The second-order valence-corrected chi connectivity index (χ2v) is 19.7. The number of sulfonamides is 1. The van der Waals surface area contributed by atoms with Crippen LogP contribution < -0.4 is 20.3 Å². The molecule has 0 radical (unpaired) electrons. The minimum absolute atomic E-state index is 0.0250. The molecule has 0 saturated carbocycles. The fourth-order valence-corrected chi connectivity index (χ4v) is 10.3. The van der Waals surface area contributed by atoms with Crippen molar-refractivity contribution in [2.75, 3.05) is 87.1 Å². The second-order valence-electron chi connectivity index (χ2n) is 17.8. The molecule has 5 amide bonds. The molecule has 2 atom stereocenters. The van der Waals surface area contributed by atoms with Crippen molar-refractivity contribution in [2.45, 2.75) is 70.7 Å². The first-order valence-corrected chi connectivity index (χ1v) is 26.1. The lowest BCUT2D eigenvalue weighted by atomic mass is 10.0.